The molecule has 0 aliphatic heterocycles. The zero-order valence-electron chi connectivity index (χ0n) is 10.7. The highest BCUT2D eigenvalue weighted by Gasteiger charge is 2.08. The van der Waals surface area contributed by atoms with E-state index in [9.17, 15) is 8.42 Å². The fourth-order valence-electron chi connectivity index (χ4n) is 1.61. The molecule has 0 aliphatic rings. The molecular formula is C14H13BrO4S. The Bertz CT molecular complexity index is 708. The zero-order valence-corrected chi connectivity index (χ0v) is 13.1. The van der Waals surface area contributed by atoms with Gasteiger partial charge in [0.15, 0.2) is 9.84 Å². The lowest BCUT2D eigenvalue weighted by Gasteiger charge is -2.09. The van der Waals surface area contributed by atoms with Crippen molar-refractivity contribution in [3.63, 3.8) is 0 Å². The van der Waals surface area contributed by atoms with Crippen LogP contribution in [0.3, 0.4) is 0 Å². The molecule has 2 aromatic carbocycles. The molecule has 0 fully saturated rings. The van der Waals surface area contributed by atoms with E-state index >= 15 is 0 Å². The van der Waals surface area contributed by atoms with Gasteiger partial charge in [-0.05, 0) is 57.9 Å². The summed E-state index contributed by atoms with van der Waals surface area (Å²) < 4.78 is 29.1. The van der Waals surface area contributed by atoms with E-state index in [0.717, 1.165) is 16.3 Å². The zero-order chi connectivity index (χ0) is 14.8. The van der Waals surface area contributed by atoms with E-state index in [2.05, 4.69) is 15.9 Å². The molecule has 0 heterocycles. The number of ether oxygens (including phenoxy) is 1. The summed E-state index contributed by atoms with van der Waals surface area (Å²) in [6.45, 7) is -0.0397. The van der Waals surface area contributed by atoms with Gasteiger partial charge in [-0.2, -0.15) is 0 Å². The van der Waals surface area contributed by atoms with Gasteiger partial charge in [0, 0.05) is 6.26 Å². The van der Waals surface area contributed by atoms with Crippen LogP contribution < -0.4 is 4.74 Å². The van der Waals surface area contributed by atoms with Crippen LogP contribution in [0.5, 0.6) is 11.5 Å². The summed E-state index contributed by atoms with van der Waals surface area (Å²) in [6.07, 6.45) is 1.16. The van der Waals surface area contributed by atoms with E-state index < -0.39 is 9.84 Å². The lowest BCUT2D eigenvalue weighted by atomic mass is 10.2. The van der Waals surface area contributed by atoms with E-state index in [0.29, 0.717) is 11.5 Å². The fraction of sp³-hybridized carbons (Fsp3) is 0.143. The second-order valence-corrected chi connectivity index (χ2v) is 7.14. The number of rotatable bonds is 4. The van der Waals surface area contributed by atoms with E-state index in [-0.39, 0.29) is 11.5 Å². The maximum Gasteiger partial charge on any atom is 0.175 e. The standard InChI is InChI=1S/C14H13BrO4S/c1-20(17,18)12-5-3-11(4-6-12)19-14-7-2-10(9-16)8-13(14)15/h2-8,16H,9H2,1H3. The number of hydrogen-bond donors (Lipinski definition) is 1. The third-order valence-electron chi connectivity index (χ3n) is 2.66. The monoisotopic (exact) mass is 356 g/mol. The lowest BCUT2D eigenvalue weighted by Crippen LogP contribution is -1.96. The topological polar surface area (TPSA) is 63.6 Å². The number of halogens is 1. The van der Waals surface area contributed by atoms with Crippen molar-refractivity contribution in [2.24, 2.45) is 0 Å². The molecule has 0 saturated carbocycles. The molecule has 106 valence electrons. The highest BCUT2D eigenvalue weighted by atomic mass is 79.9. The molecule has 2 rings (SSSR count). The van der Waals surface area contributed by atoms with E-state index in [1.54, 1.807) is 30.3 Å². The third kappa shape index (κ3) is 3.59. The van der Waals surface area contributed by atoms with Gasteiger partial charge in [0.1, 0.15) is 11.5 Å². The van der Waals surface area contributed by atoms with Crippen molar-refractivity contribution in [1.82, 2.24) is 0 Å². The van der Waals surface area contributed by atoms with Crippen molar-refractivity contribution in [1.29, 1.82) is 0 Å². The van der Waals surface area contributed by atoms with Crippen LogP contribution in [0.1, 0.15) is 5.56 Å². The summed E-state index contributed by atoms with van der Waals surface area (Å²) in [7, 11) is -3.20. The molecule has 2 aromatic rings. The van der Waals surface area contributed by atoms with Gasteiger partial charge in [-0.1, -0.05) is 6.07 Å². The first-order valence-corrected chi connectivity index (χ1v) is 8.46. The van der Waals surface area contributed by atoms with Gasteiger partial charge in [0.25, 0.3) is 0 Å². The number of benzene rings is 2. The summed E-state index contributed by atoms with van der Waals surface area (Å²) in [6, 6.07) is 11.5. The molecule has 20 heavy (non-hydrogen) atoms. The first-order valence-electron chi connectivity index (χ1n) is 5.77. The summed E-state index contributed by atoms with van der Waals surface area (Å²) >= 11 is 3.36. The summed E-state index contributed by atoms with van der Waals surface area (Å²) in [4.78, 5) is 0.250. The second kappa shape index (κ2) is 5.95. The number of aliphatic hydroxyl groups excluding tert-OH is 1. The van der Waals surface area contributed by atoms with Crippen molar-refractivity contribution in [2.45, 2.75) is 11.5 Å². The highest BCUT2D eigenvalue weighted by molar-refractivity contribution is 9.10. The average molecular weight is 357 g/mol. The van der Waals surface area contributed by atoms with Gasteiger partial charge in [0.05, 0.1) is 16.0 Å². The second-order valence-electron chi connectivity index (χ2n) is 4.27. The fourth-order valence-corrected chi connectivity index (χ4v) is 2.74. The van der Waals surface area contributed by atoms with Crippen molar-refractivity contribution in [3.05, 3.63) is 52.5 Å². The van der Waals surface area contributed by atoms with Crippen molar-refractivity contribution in [3.8, 4) is 11.5 Å². The van der Waals surface area contributed by atoms with E-state index in [4.69, 9.17) is 9.84 Å². The normalized spacial score (nSPS) is 11.3. The largest absolute Gasteiger partial charge is 0.456 e. The molecule has 0 bridgehead atoms. The molecule has 4 nitrogen and oxygen atoms in total. The van der Waals surface area contributed by atoms with Crippen LogP contribution in [0.2, 0.25) is 0 Å². The van der Waals surface area contributed by atoms with Crippen LogP contribution in [0.25, 0.3) is 0 Å². The molecule has 0 atom stereocenters. The molecule has 6 heteroatoms. The van der Waals surface area contributed by atoms with Crippen molar-refractivity contribution < 1.29 is 18.3 Å². The van der Waals surface area contributed by atoms with Crippen molar-refractivity contribution in [2.75, 3.05) is 6.26 Å². The summed E-state index contributed by atoms with van der Waals surface area (Å²) in [5.74, 6) is 1.13. The minimum Gasteiger partial charge on any atom is -0.456 e. The van der Waals surface area contributed by atoms with E-state index in [1.807, 2.05) is 0 Å². The molecule has 0 spiro atoms. The minimum absolute atomic E-state index is 0.0397. The summed E-state index contributed by atoms with van der Waals surface area (Å²) in [5, 5.41) is 9.03. The quantitative estimate of drug-likeness (QED) is 0.913. The highest BCUT2D eigenvalue weighted by Crippen LogP contribution is 2.30. The van der Waals surface area contributed by atoms with Crippen LogP contribution in [-0.4, -0.2) is 19.8 Å². The van der Waals surface area contributed by atoms with Gasteiger partial charge in [0.2, 0.25) is 0 Å². The maximum atomic E-state index is 11.4. The molecule has 0 aliphatic carbocycles. The number of hydrogen-bond acceptors (Lipinski definition) is 4. The Hall–Kier alpha value is -1.37. The van der Waals surface area contributed by atoms with Crippen LogP contribution in [-0.2, 0) is 16.4 Å². The first kappa shape index (κ1) is 15.0. The Morgan fingerprint density at radius 1 is 1.15 bits per heavy atom. The lowest BCUT2D eigenvalue weighted by molar-refractivity contribution is 0.281. The molecule has 0 unspecified atom stereocenters. The number of aliphatic hydroxyl groups is 1. The van der Waals surface area contributed by atoms with Gasteiger partial charge in [-0.15, -0.1) is 0 Å². The molecule has 0 aromatic heterocycles. The first-order chi connectivity index (χ1) is 9.40. The van der Waals surface area contributed by atoms with Gasteiger partial charge < -0.3 is 9.84 Å². The summed E-state index contributed by atoms with van der Waals surface area (Å²) in [5.41, 5.74) is 0.775. The van der Waals surface area contributed by atoms with Crippen LogP contribution in [0, 0.1) is 0 Å². The predicted molar refractivity (Wildman–Crippen MR) is 79.7 cm³/mol. The molecule has 0 saturated heterocycles. The smallest absolute Gasteiger partial charge is 0.175 e. The Morgan fingerprint density at radius 2 is 1.80 bits per heavy atom. The number of sulfone groups is 1. The van der Waals surface area contributed by atoms with Crippen LogP contribution in [0.15, 0.2) is 51.8 Å². The van der Waals surface area contributed by atoms with Crippen molar-refractivity contribution >= 4 is 25.8 Å². The third-order valence-corrected chi connectivity index (χ3v) is 4.41. The molecule has 0 radical (unpaired) electrons. The molecule has 1 N–H and O–H groups in total. The Morgan fingerprint density at radius 3 is 2.30 bits per heavy atom. The SMILES string of the molecule is CS(=O)(=O)c1ccc(Oc2ccc(CO)cc2Br)cc1. The van der Waals surface area contributed by atoms with Crippen LogP contribution in [0.4, 0.5) is 0 Å². The molecule has 0 amide bonds. The van der Waals surface area contributed by atoms with Crippen LogP contribution >= 0.6 is 15.9 Å². The Kier molecular flexibility index (Phi) is 4.47. The maximum absolute atomic E-state index is 11.4. The van der Waals surface area contributed by atoms with Gasteiger partial charge in [-0.3, -0.25) is 0 Å². The average Bonchev–Trinajstić information content (AvgIpc) is 2.40. The van der Waals surface area contributed by atoms with E-state index in [1.165, 1.54) is 12.1 Å². The Balaban J connectivity index is 2.22. The van der Waals surface area contributed by atoms with Gasteiger partial charge >= 0.3 is 0 Å². The minimum atomic E-state index is -3.20. The predicted octanol–water partition coefficient (Wildman–Crippen LogP) is 3.14. The molecular weight excluding hydrogens is 344 g/mol. The van der Waals surface area contributed by atoms with Gasteiger partial charge in [-0.25, -0.2) is 8.42 Å². The Labute approximate surface area is 126 Å².